The average Bonchev–Trinajstić information content (AvgIpc) is 2.86. The molecule has 1 aliphatic carbocycles. The van der Waals surface area contributed by atoms with E-state index in [9.17, 15) is 14.7 Å². The summed E-state index contributed by atoms with van der Waals surface area (Å²) in [5.41, 5.74) is 2.92. The molecule has 0 bridgehead atoms. The number of carbonyl (C=O) groups is 2. The molecule has 2 aliphatic heterocycles. The molecule has 6 nitrogen and oxygen atoms in total. The first-order chi connectivity index (χ1) is 16.6. The van der Waals surface area contributed by atoms with Crippen LogP contribution in [-0.2, 0) is 16.0 Å². The lowest BCUT2D eigenvalue weighted by molar-refractivity contribution is -0.166. The molecule has 5 rings (SSSR count). The predicted molar refractivity (Wildman–Crippen MR) is 129 cm³/mol. The lowest BCUT2D eigenvalue weighted by Gasteiger charge is -2.58. The van der Waals surface area contributed by atoms with Gasteiger partial charge in [0.2, 0.25) is 11.8 Å². The Bertz CT molecular complexity index is 1080. The number of aliphatic hydroxyl groups is 1. The summed E-state index contributed by atoms with van der Waals surface area (Å²) in [5.74, 6) is 7.11. The maximum atomic E-state index is 12.9. The largest absolute Gasteiger partial charge is 0.394 e. The van der Waals surface area contributed by atoms with Crippen LogP contribution in [0.1, 0.15) is 54.7 Å². The van der Waals surface area contributed by atoms with Crippen LogP contribution in [0.3, 0.4) is 0 Å². The first kappa shape index (κ1) is 22.6. The minimum atomic E-state index is -0.243. The van der Waals surface area contributed by atoms with Crippen LogP contribution in [0.4, 0.5) is 0 Å². The molecule has 1 aromatic carbocycles. The van der Waals surface area contributed by atoms with E-state index in [4.69, 9.17) is 0 Å². The number of rotatable bonds is 4. The summed E-state index contributed by atoms with van der Waals surface area (Å²) in [6, 6.07) is 11.5. The molecule has 34 heavy (non-hydrogen) atoms. The van der Waals surface area contributed by atoms with Crippen LogP contribution >= 0.6 is 0 Å². The van der Waals surface area contributed by atoms with Crippen LogP contribution in [0.5, 0.6) is 0 Å². The smallest absolute Gasteiger partial charge is 0.242 e. The van der Waals surface area contributed by atoms with Gasteiger partial charge >= 0.3 is 0 Å². The molecule has 3 heterocycles. The Morgan fingerprint density at radius 3 is 2.62 bits per heavy atom. The quantitative estimate of drug-likeness (QED) is 0.717. The fraction of sp³-hybridized carbons (Fsp3) is 0.464. The Labute approximate surface area is 201 Å². The standard InChI is InChI=1S/C28H31N3O3/c32-19-25-28(23-12-10-21(11-13-23)9-8-20-5-2-1-3-6-20)24-17-30(18-27(34)31(24)25)26(33)15-22-7-4-14-29-16-22/h4,7,10-14,16,20,24-25,28,32H,1-3,5-6,15,17-19H2/t24-,25-,28+/m1/s1. The Morgan fingerprint density at radius 1 is 1.12 bits per heavy atom. The molecule has 3 fully saturated rings. The molecule has 2 amide bonds. The molecule has 1 saturated carbocycles. The number of fused-ring (bicyclic) bond motifs is 1. The third-order valence-electron chi connectivity index (χ3n) is 7.50. The molecular formula is C28H31N3O3. The number of amides is 2. The zero-order chi connectivity index (χ0) is 23.5. The van der Waals surface area contributed by atoms with E-state index >= 15 is 0 Å². The fourth-order valence-electron chi connectivity index (χ4n) is 5.70. The van der Waals surface area contributed by atoms with Crippen LogP contribution in [0, 0.1) is 17.8 Å². The molecule has 3 aliphatic rings. The zero-order valence-electron chi connectivity index (χ0n) is 19.4. The number of nitrogens with zero attached hydrogens (tertiary/aromatic N) is 3. The molecule has 0 radical (unpaired) electrons. The van der Waals surface area contributed by atoms with Crippen molar-refractivity contribution in [2.45, 2.75) is 56.5 Å². The van der Waals surface area contributed by atoms with Crippen molar-refractivity contribution in [3.63, 3.8) is 0 Å². The molecule has 176 valence electrons. The lowest BCUT2D eigenvalue weighted by atomic mass is 9.73. The summed E-state index contributed by atoms with van der Waals surface area (Å²) in [6.07, 6.45) is 9.88. The first-order valence-corrected chi connectivity index (χ1v) is 12.3. The number of carbonyl (C=O) groups excluding carboxylic acids is 2. The van der Waals surface area contributed by atoms with Crippen molar-refractivity contribution >= 4 is 11.8 Å². The summed E-state index contributed by atoms with van der Waals surface area (Å²) in [7, 11) is 0. The second kappa shape index (κ2) is 9.99. The maximum absolute atomic E-state index is 12.9. The van der Waals surface area contributed by atoms with Gasteiger partial charge in [-0.3, -0.25) is 14.6 Å². The first-order valence-electron chi connectivity index (χ1n) is 12.3. The molecule has 3 atom stereocenters. The van der Waals surface area contributed by atoms with E-state index in [1.165, 1.54) is 32.1 Å². The van der Waals surface area contributed by atoms with Gasteiger partial charge in [-0.1, -0.05) is 49.3 Å². The van der Waals surface area contributed by atoms with Crippen molar-refractivity contribution in [3.8, 4) is 11.8 Å². The Morgan fingerprint density at radius 2 is 1.91 bits per heavy atom. The highest BCUT2D eigenvalue weighted by Gasteiger charge is 2.54. The highest BCUT2D eigenvalue weighted by molar-refractivity contribution is 5.88. The van der Waals surface area contributed by atoms with Gasteiger partial charge in [-0.2, -0.15) is 0 Å². The molecule has 0 unspecified atom stereocenters. The average molecular weight is 458 g/mol. The SMILES string of the molecule is O=C(Cc1cccnc1)N1CC(=O)N2[C@H](CO)[C@@H](c3ccc(C#CC4CCCCC4)cc3)[C@H]2C1. The van der Waals surface area contributed by atoms with E-state index in [1.807, 2.05) is 24.3 Å². The highest BCUT2D eigenvalue weighted by atomic mass is 16.3. The number of benzene rings is 1. The summed E-state index contributed by atoms with van der Waals surface area (Å²) in [5, 5.41) is 10.0. The summed E-state index contributed by atoms with van der Waals surface area (Å²) in [4.78, 5) is 33.2. The van der Waals surface area contributed by atoms with Gasteiger partial charge in [0.1, 0.15) is 0 Å². The van der Waals surface area contributed by atoms with E-state index in [-0.39, 0.29) is 49.4 Å². The van der Waals surface area contributed by atoms with Gasteiger partial charge in [-0.25, -0.2) is 0 Å². The lowest BCUT2D eigenvalue weighted by Crippen LogP contribution is -2.73. The molecule has 1 N–H and O–H groups in total. The second-order valence-corrected chi connectivity index (χ2v) is 9.68. The van der Waals surface area contributed by atoms with Crippen molar-refractivity contribution in [1.82, 2.24) is 14.8 Å². The monoisotopic (exact) mass is 457 g/mol. The van der Waals surface area contributed by atoms with Crippen molar-refractivity contribution in [3.05, 3.63) is 65.5 Å². The number of piperazine rings is 1. The maximum Gasteiger partial charge on any atom is 0.242 e. The summed E-state index contributed by atoms with van der Waals surface area (Å²) in [6.45, 7) is 0.462. The highest BCUT2D eigenvalue weighted by Crippen LogP contribution is 2.43. The Balaban J connectivity index is 1.28. The fourth-order valence-corrected chi connectivity index (χ4v) is 5.70. The minimum Gasteiger partial charge on any atom is -0.394 e. The second-order valence-electron chi connectivity index (χ2n) is 9.68. The van der Waals surface area contributed by atoms with E-state index in [0.29, 0.717) is 12.5 Å². The third kappa shape index (κ3) is 4.58. The van der Waals surface area contributed by atoms with Crippen LogP contribution in [0.15, 0.2) is 48.8 Å². The predicted octanol–water partition coefficient (Wildman–Crippen LogP) is 2.75. The topological polar surface area (TPSA) is 73.7 Å². The van der Waals surface area contributed by atoms with Gasteiger partial charge in [-0.15, -0.1) is 0 Å². The third-order valence-corrected chi connectivity index (χ3v) is 7.50. The Hall–Kier alpha value is -3.17. The Kier molecular flexibility index (Phi) is 6.64. The van der Waals surface area contributed by atoms with E-state index in [2.05, 4.69) is 29.0 Å². The van der Waals surface area contributed by atoms with Crippen LogP contribution < -0.4 is 0 Å². The van der Waals surface area contributed by atoms with Crippen molar-refractivity contribution in [1.29, 1.82) is 0 Å². The number of aromatic nitrogens is 1. The molecule has 2 saturated heterocycles. The van der Waals surface area contributed by atoms with Gasteiger partial charge < -0.3 is 14.9 Å². The van der Waals surface area contributed by atoms with Crippen molar-refractivity contribution < 1.29 is 14.7 Å². The zero-order valence-corrected chi connectivity index (χ0v) is 19.4. The van der Waals surface area contributed by atoms with Crippen molar-refractivity contribution in [2.75, 3.05) is 19.7 Å². The normalized spacial score (nSPS) is 24.6. The van der Waals surface area contributed by atoms with E-state index in [1.54, 1.807) is 22.2 Å². The van der Waals surface area contributed by atoms with Crippen LogP contribution in [-0.4, -0.2) is 63.5 Å². The molecular weight excluding hydrogens is 426 g/mol. The van der Waals surface area contributed by atoms with Gasteiger partial charge in [-0.05, 0) is 42.2 Å². The van der Waals surface area contributed by atoms with Crippen LogP contribution in [0.25, 0.3) is 0 Å². The number of hydrogen-bond acceptors (Lipinski definition) is 4. The van der Waals surface area contributed by atoms with Crippen molar-refractivity contribution in [2.24, 2.45) is 5.92 Å². The minimum absolute atomic E-state index is 0.00305. The van der Waals surface area contributed by atoms with Gasteiger partial charge in [0, 0.05) is 36.3 Å². The molecule has 1 aromatic heterocycles. The number of aliphatic hydroxyl groups excluding tert-OH is 1. The van der Waals surface area contributed by atoms with Crippen LogP contribution in [0.2, 0.25) is 0 Å². The van der Waals surface area contributed by atoms with Gasteiger partial charge in [0.15, 0.2) is 0 Å². The molecule has 0 spiro atoms. The molecule has 2 aromatic rings. The van der Waals surface area contributed by atoms with E-state index < -0.39 is 0 Å². The number of hydrogen-bond donors (Lipinski definition) is 1. The van der Waals surface area contributed by atoms with Gasteiger partial charge in [0.05, 0.1) is 31.7 Å². The summed E-state index contributed by atoms with van der Waals surface area (Å²) >= 11 is 0. The molecule has 6 heteroatoms. The summed E-state index contributed by atoms with van der Waals surface area (Å²) < 4.78 is 0. The number of pyridine rings is 1. The van der Waals surface area contributed by atoms with Gasteiger partial charge in [0.25, 0.3) is 0 Å². The van der Waals surface area contributed by atoms with E-state index in [0.717, 1.165) is 16.7 Å².